The van der Waals surface area contributed by atoms with Crippen molar-refractivity contribution in [3.8, 4) is 11.3 Å². The third kappa shape index (κ3) is 3.84. The van der Waals surface area contributed by atoms with E-state index >= 15 is 0 Å². The summed E-state index contributed by atoms with van der Waals surface area (Å²) in [4.78, 5) is 15.4. The van der Waals surface area contributed by atoms with E-state index in [0.717, 1.165) is 38.9 Å². The Morgan fingerprint density at radius 3 is 2.34 bits per heavy atom. The second-order valence-electron chi connectivity index (χ2n) is 8.77. The summed E-state index contributed by atoms with van der Waals surface area (Å²) in [6.07, 6.45) is 0. The Morgan fingerprint density at radius 2 is 1.54 bits per heavy atom. The highest BCUT2D eigenvalue weighted by Gasteiger charge is 2.31. The summed E-state index contributed by atoms with van der Waals surface area (Å²) in [5.74, 6) is 1.51. The maximum atomic E-state index is 13.5. The van der Waals surface area contributed by atoms with Gasteiger partial charge in [0.2, 0.25) is 10.0 Å². The van der Waals surface area contributed by atoms with Crippen LogP contribution < -0.4 is 4.90 Å². The van der Waals surface area contributed by atoms with Crippen LogP contribution in [0.25, 0.3) is 33.1 Å². The number of piperazine rings is 1. The van der Waals surface area contributed by atoms with E-state index in [-0.39, 0.29) is 0 Å². The lowest BCUT2D eigenvalue weighted by Gasteiger charge is -2.35. The first-order valence-corrected chi connectivity index (χ1v) is 13.1. The van der Waals surface area contributed by atoms with Gasteiger partial charge in [0.25, 0.3) is 0 Å². The van der Waals surface area contributed by atoms with Gasteiger partial charge in [0.05, 0.1) is 10.4 Å². The largest absolute Gasteiger partial charge is 0.352 e. The first-order valence-electron chi connectivity index (χ1n) is 11.7. The highest BCUT2D eigenvalue weighted by atomic mass is 32.2. The van der Waals surface area contributed by atoms with Crippen LogP contribution in [0.5, 0.6) is 0 Å². The molecule has 2 aromatic heterocycles. The molecule has 6 rings (SSSR count). The van der Waals surface area contributed by atoms with Gasteiger partial charge in [0.1, 0.15) is 11.3 Å². The molecule has 1 N–H and O–H groups in total. The van der Waals surface area contributed by atoms with E-state index in [0.29, 0.717) is 36.9 Å². The van der Waals surface area contributed by atoms with Crippen molar-refractivity contribution in [3.05, 3.63) is 84.7 Å². The van der Waals surface area contributed by atoms with E-state index in [1.54, 1.807) is 16.4 Å². The first kappa shape index (κ1) is 21.8. The number of nitrogens with one attached hydrogen (secondary N) is 1. The normalized spacial score (nSPS) is 15.2. The minimum atomic E-state index is -3.61. The molecule has 5 aromatic rings. The van der Waals surface area contributed by atoms with Gasteiger partial charge in [-0.05, 0) is 30.0 Å². The highest BCUT2D eigenvalue weighted by molar-refractivity contribution is 7.89. The van der Waals surface area contributed by atoms with Gasteiger partial charge in [-0.25, -0.2) is 18.4 Å². The number of aromatic nitrogens is 3. The quantitative estimate of drug-likeness (QED) is 0.404. The number of H-pyrrole nitrogens is 1. The van der Waals surface area contributed by atoms with Crippen LogP contribution >= 0.6 is 0 Å². The van der Waals surface area contributed by atoms with Crippen molar-refractivity contribution in [3.63, 3.8) is 0 Å². The van der Waals surface area contributed by atoms with Crippen LogP contribution in [-0.2, 0) is 10.0 Å². The number of anilines is 1. The molecule has 0 amide bonds. The zero-order chi connectivity index (χ0) is 24.0. The first-order chi connectivity index (χ1) is 17.0. The number of fused-ring (bicyclic) bond motifs is 2. The molecular formula is C27H25N5O2S. The molecular weight excluding hydrogens is 458 g/mol. The van der Waals surface area contributed by atoms with Gasteiger partial charge in [-0.2, -0.15) is 4.31 Å². The Bertz CT molecular complexity index is 1630. The number of hydrogen-bond donors (Lipinski definition) is 1. The van der Waals surface area contributed by atoms with Crippen molar-refractivity contribution in [2.75, 3.05) is 31.1 Å². The Kier molecular flexibility index (Phi) is 5.27. The summed E-state index contributed by atoms with van der Waals surface area (Å²) in [6, 6.07) is 25.2. The molecule has 1 aliphatic rings. The minimum absolute atomic E-state index is 0.362. The lowest BCUT2D eigenvalue weighted by Crippen LogP contribution is -2.49. The molecule has 8 heteroatoms. The van der Waals surface area contributed by atoms with Gasteiger partial charge in [0, 0.05) is 37.3 Å². The van der Waals surface area contributed by atoms with Crippen LogP contribution in [0.15, 0.2) is 83.8 Å². The molecule has 3 aromatic carbocycles. The molecule has 0 bridgehead atoms. The molecule has 35 heavy (non-hydrogen) atoms. The zero-order valence-corrected chi connectivity index (χ0v) is 20.2. The van der Waals surface area contributed by atoms with Crippen molar-refractivity contribution in [1.29, 1.82) is 0 Å². The van der Waals surface area contributed by atoms with E-state index in [1.165, 1.54) is 0 Å². The molecule has 0 unspecified atom stereocenters. The predicted octanol–water partition coefficient (Wildman–Crippen LogP) is 4.60. The number of aromatic amines is 1. The van der Waals surface area contributed by atoms with Crippen LogP contribution in [0.2, 0.25) is 0 Å². The van der Waals surface area contributed by atoms with Crippen LogP contribution in [0.1, 0.15) is 5.82 Å². The Morgan fingerprint density at radius 1 is 0.829 bits per heavy atom. The van der Waals surface area contributed by atoms with Gasteiger partial charge < -0.3 is 9.88 Å². The molecule has 1 aliphatic heterocycles. The van der Waals surface area contributed by atoms with Gasteiger partial charge in [-0.1, -0.05) is 66.7 Å². The van der Waals surface area contributed by atoms with Crippen molar-refractivity contribution in [1.82, 2.24) is 19.3 Å². The summed E-state index contributed by atoms with van der Waals surface area (Å²) in [5, 5.41) is 1.68. The maximum absolute atomic E-state index is 13.5. The SMILES string of the molecule is Cc1nc(N2CCN(S(=O)(=O)c3cccc4ccccc34)CC2)c2[nH]c(-c3ccccc3)cc2n1. The summed E-state index contributed by atoms with van der Waals surface area (Å²) in [5.41, 5.74) is 3.80. The second-order valence-corrected chi connectivity index (χ2v) is 10.7. The van der Waals surface area contributed by atoms with E-state index in [2.05, 4.69) is 27.0 Å². The molecule has 176 valence electrons. The molecule has 1 fully saturated rings. The van der Waals surface area contributed by atoms with Gasteiger partial charge in [0.15, 0.2) is 5.82 Å². The summed E-state index contributed by atoms with van der Waals surface area (Å²) in [6.45, 7) is 3.77. The Balaban J connectivity index is 1.29. The lowest BCUT2D eigenvalue weighted by atomic mass is 10.1. The van der Waals surface area contributed by atoms with Crippen molar-refractivity contribution >= 4 is 37.6 Å². The fourth-order valence-electron chi connectivity index (χ4n) is 4.81. The number of hydrogen-bond acceptors (Lipinski definition) is 5. The molecule has 0 saturated carbocycles. The van der Waals surface area contributed by atoms with Crippen molar-refractivity contribution in [2.24, 2.45) is 0 Å². The van der Waals surface area contributed by atoms with E-state index < -0.39 is 10.0 Å². The molecule has 0 spiro atoms. The summed E-state index contributed by atoms with van der Waals surface area (Å²) in [7, 11) is -3.61. The number of nitrogens with zero attached hydrogens (tertiary/aromatic N) is 4. The number of benzene rings is 3. The molecule has 0 atom stereocenters. The maximum Gasteiger partial charge on any atom is 0.243 e. The average Bonchev–Trinajstić information content (AvgIpc) is 3.32. The van der Waals surface area contributed by atoms with E-state index in [9.17, 15) is 8.42 Å². The molecule has 3 heterocycles. The molecule has 0 aliphatic carbocycles. The van der Waals surface area contributed by atoms with Crippen LogP contribution in [0.3, 0.4) is 0 Å². The number of sulfonamides is 1. The third-order valence-corrected chi connectivity index (χ3v) is 8.52. The number of rotatable bonds is 4. The molecule has 7 nitrogen and oxygen atoms in total. The van der Waals surface area contributed by atoms with Gasteiger partial charge >= 0.3 is 0 Å². The zero-order valence-electron chi connectivity index (χ0n) is 19.3. The molecule has 1 saturated heterocycles. The van der Waals surface area contributed by atoms with Gasteiger partial charge in [-0.15, -0.1) is 0 Å². The van der Waals surface area contributed by atoms with Crippen LogP contribution in [0, 0.1) is 6.92 Å². The van der Waals surface area contributed by atoms with Crippen molar-refractivity contribution in [2.45, 2.75) is 11.8 Å². The second kappa shape index (κ2) is 8.48. The predicted molar refractivity (Wildman–Crippen MR) is 139 cm³/mol. The Hall–Kier alpha value is -3.75. The summed E-state index contributed by atoms with van der Waals surface area (Å²) >= 11 is 0. The summed E-state index contributed by atoms with van der Waals surface area (Å²) < 4.78 is 28.7. The Labute approximate surface area is 204 Å². The molecule has 0 radical (unpaired) electrons. The smallest absolute Gasteiger partial charge is 0.243 e. The standard InChI is InChI=1S/C27H25N5O2S/c1-19-28-24-18-23(21-9-3-2-4-10-21)30-26(24)27(29-19)31-14-16-32(17-15-31)35(33,34)25-13-7-11-20-8-5-6-12-22(20)25/h2-13,18,30H,14-17H2,1H3. The van der Waals surface area contributed by atoms with E-state index in [4.69, 9.17) is 4.98 Å². The lowest BCUT2D eigenvalue weighted by molar-refractivity contribution is 0.384. The average molecular weight is 484 g/mol. The highest BCUT2D eigenvalue weighted by Crippen LogP contribution is 2.31. The number of aryl methyl sites for hydroxylation is 1. The van der Waals surface area contributed by atoms with E-state index in [1.807, 2.05) is 61.5 Å². The van der Waals surface area contributed by atoms with Crippen LogP contribution in [0.4, 0.5) is 5.82 Å². The third-order valence-electron chi connectivity index (χ3n) is 6.56. The minimum Gasteiger partial charge on any atom is -0.352 e. The van der Waals surface area contributed by atoms with Crippen molar-refractivity contribution < 1.29 is 8.42 Å². The monoisotopic (exact) mass is 483 g/mol. The van der Waals surface area contributed by atoms with Gasteiger partial charge in [-0.3, -0.25) is 0 Å². The fourth-order valence-corrected chi connectivity index (χ4v) is 6.45. The van der Waals surface area contributed by atoms with Crippen LogP contribution in [-0.4, -0.2) is 53.9 Å². The topological polar surface area (TPSA) is 82.2 Å². The fraction of sp³-hybridized carbons (Fsp3) is 0.185.